The first-order valence-electron chi connectivity index (χ1n) is 5.83. The van der Waals surface area contributed by atoms with E-state index in [1.807, 2.05) is 13.8 Å². The van der Waals surface area contributed by atoms with Crippen LogP contribution >= 0.6 is 0 Å². The van der Waals surface area contributed by atoms with Crippen LogP contribution in [-0.4, -0.2) is 34.7 Å². The lowest BCUT2D eigenvalue weighted by Crippen LogP contribution is -2.17. The molecule has 0 aliphatic rings. The lowest BCUT2D eigenvalue weighted by molar-refractivity contribution is 0.0446. The van der Waals surface area contributed by atoms with Crippen LogP contribution < -0.4 is 0 Å². The van der Waals surface area contributed by atoms with Gasteiger partial charge in [-0.05, 0) is 12.8 Å². The minimum atomic E-state index is -0.553. The molecule has 0 spiro atoms. The largest absolute Gasteiger partial charge is 0.461 e. The minimum Gasteiger partial charge on any atom is -0.461 e. The molecule has 1 heterocycles. The highest BCUT2D eigenvalue weighted by atomic mass is 16.5. The quantitative estimate of drug-likeness (QED) is 0.743. The van der Waals surface area contributed by atoms with E-state index in [-0.39, 0.29) is 24.0 Å². The third kappa shape index (κ3) is 3.32. The number of carbonyl (C=O) groups is 2. The van der Waals surface area contributed by atoms with Crippen molar-refractivity contribution in [1.29, 1.82) is 0 Å². The molecule has 18 heavy (non-hydrogen) atoms. The van der Waals surface area contributed by atoms with Crippen molar-refractivity contribution in [1.82, 2.24) is 9.55 Å². The molecule has 100 valence electrons. The number of hydrogen-bond acceptors (Lipinski definition) is 5. The number of hydrogen-bond donors (Lipinski definition) is 0. The van der Waals surface area contributed by atoms with E-state index in [2.05, 4.69) is 4.98 Å². The summed E-state index contributed by atoms with van der Waals surface area (Å²) in [5.74, 6) is -0.697. The van der Waals surface area contributed by atoms with Gasteiger partial charge in [-0.25, -0.2) is 14.6 Å². The SMILES string of the molecule is CCOC(=O)c1ncc(C(=O)OCC(C)C)n1C. The van der Waals surface area contributed by atoms with E-state index < -0.39 is 11.9 Å². The topological polar surface area (TPSA) is 70.4 Å². The van der Waals surface area contributed by atoms with Crippen LogP contribution in [0, 0.1) is 5.92 Å². The van der Waals surface area contributed by atoms with Gasteiger partial charge in [0.2, 0.25) is 5.82 Å². The number of aromatic nitrogens is 2. The summed E-state index contributed by atoms with van der Waals surface area (Å²) in [4.78, 5) is 27.1. The van der Waals surface area contributed by atoms with Crippen molar-refractivity contribution in [2.24, 2.45) is 13.0 Å². The van der Waals surface area contributed by atoms with E-state index in [1.165, 1.54) is 10.8 Å². The predicted octanol–water partition coefficient (Wildman–Crippen LogP) is 1.41. The molecule has 6 heteroatoms. The second-order valence-corrected chi connectivity index (χ2v) is 4.24. The van der Waals surface area contributed by atoms with Crippen LogP contribution in [0.3, 0.4) is 0 Å². The van der Waals surface area contributed by atoms with Crippen LogP contribution in [0.2, 0.25) is 0 Å². The molecule has 1 aromatic rings. The van der Waals surface area contributed by atoms with Gasteiger partial charge in [-0.2, -0.15) is 0 Å². The summed E-state index contributed by atoms with van der Waals surface area (Å²) < 4.78 is 11.3. The number of rotatable bonds is 5. The highest BCUT2D eigenvalue weighted by molar-refractivity contribution is 5.91. The number of esters is 2. The minimum absolute atomic E-state index is 0.0911. The molecule has 6 nitrogen and oxygen atoms in total. The molecule has 0 N–H and O–H groups in total. The van der Waals surface area contributed by atoms with Crippen molar-refractivity contribution >= 4 is 11.9 Å². The second kappa shape index (κ2) is 6.18. The number of ether oxygens (including phenoxy) is 2. The summed E-state index contributed by atoms with van der Waals surface area (Å²) in [5, 5.41) is 0. The summed E-state index contributed by atoms with van der Waals surface area (Å²) in [5.41, 5.74) is 0.235. The highest BCUT2D eigenvalue weighted by Crippen LogP contribution is 2.07. The van der Waals surface area contributed by atoms with Crippen LogP contribution in [0.25, 0.3) is 0 Å². The molecule has 0 bridgehead atoms. The molecule has 0 aliphatic carbocycles. The van der Waals surface area contributed by atoms with Crippen molar-refractivity contribution in [3.63, 3.8) is 0 Å². The number of nitrogens with zero attached hydrogens (tertiary/aromatic N) is 2. The average Bonchev–Trinajstić information content (AvgIpc) is 2.68. The third-order valence-electron chi connectivity index (χ3n) is 2.20. The summed E-state index contributed by atoms with van der Waals surface area (Å²) in [6.07, 6.45) is 1.31. The van der Waals surface area contributed by atoms with Crippen molar-refractivity contribution in [2.75, 3.05) is 13.2 Å². The molecule has 0 aromatic carbocycles. The van der Waals surface area contributed by atoms with Gasteiger partial charge in [-0.15, -0.1) is 0 Å². The molecule has 0 saturated heterocycles. The Kier molecular flexibility index (Phi) is 4.88. The molecule has 0 unspecified atom stereocenters. The van der Waals surface area contributed by atoms with E-state index in [0.29, 0.717) is 6.61 Å². The van der Waals surface area contributed by atoms with Crippen LogP contribution in [0.1, 0.15) is 41.9 Å². The first kappa shape index (κ1) is 14.2. The van der Waals surface area contributed by atoms with Crippen molar-refractivity contribution in [3.8, 4) is 0 Å². The summed E-state index contributed by atoms with van der Waals surface area (Å²) in [6.45, 7) is 6.19. The smallest absolute Gasteiger partial charge is 0.374 e. The fraction of sp³-hybridized carbons (Fsp3) is 0.583. The molecule has 0 saturated carbocycles. The fourth-order valence-electron chi connectivity index (χ4n) is 1.30. The fourth-order valence-corrected chi connectivity index (χ4v) is 1.30. The molecule has 0 aliphatic heterocycles. The standard InChI is InChI=1S/C12H18N2O4/c1-5-17-12(16)10-13-6-9(14(10)4)11(15)18-7-8(2)3/h6,8H,5,7H2,1-4H3. The Morgan fingerprint density at radius 2 is 2.00 bits per heavy atom. The van der Waals surface area contributed by atoms with Gasteiger partial charge in [-0.3, -0.25) is 0 Å². The maximum Gasteiger partial charge on any atom is 0.374 e. The normalized spacial score (nSPS) is 10.5. The van der Waals surface area contributed by atoms with Gasteiger partial charge >= 0.3 is 11.9 Å². The van der Waals surface area contributed by atoms with Crippen LogP contribution in [0.15, 0.2) is 6.20 Å². The lowest BCUT2D eigenvalue weighted by atomic mass is 10.2. The van der Waals surface area contributed by atoms with Crippen LogP contribution in [0.4, 0.5) is 0 Å². The maximum absolute atomic E-state index is 11.7. The predicted molar refractivity (Wildman–Crippen MR) is 64.3 cm³/mol. The van der Waals surface area contributed by atoms with E-state index >= 15 is 0 Å². The number of imidazole rings is 1. The van der Waals surface area contributed by atoms with Gasteiger partial charge in [0, 0.05) is 7.05 Å². The van der Waals surface area contributed by atoms with Crippen LogP contribution in [-0.2, 0) is 16.5 Å². The van der Waals surface area contributed by atoms with E-state index in [0.717, 1.165) is 0 Å². The van der Waals surface area contributed by atoms with Gasteiger partial charge in [0.25, 0.3) is 0 Å². The zero-order valence-electron chi connectivity index (χ0n) is 11.1. The molecule has 1 rings (SSSR count). The molecule has 0 amide bonds. The summed E-state index contributed by atoms with van der Waals surface area (Å²) in [7, 11) is 1.57. The molecule has 0 radical (unpaired) electrons. The van der Waals surface area contributed by atoms with E-state index in [4.69, 9.17) is 9.47 Å². The zero-order valence-corrected chi connectivity index (χ0v) is 11.1. The second-order valence-electron chi connectivity index (χ2n) is 4.24. The van der Waals surface area contributed by atoms with Gasteiger partial charge in [-0.1, -0.05) is 13.8 Å². The maximum atomic E-state index is 11.7. The summed E-state index contributed by atoms with van der Waals surface area (Å²) in [6, 6.07) is 0. The Balaban J connectivity index is 2.79. The Hall–Kier alpha value is -1.85. The van der Waals surface area contributed by atoms with Gasteiger partial charge in [0.05, 0.1) is 19.4 Å². The first-order chi connectivity index (χ1) is 8.47. The first-order valence-corrected chi connectivity index (χ1v) is 5.83. The van der Waals surface area contributed by atoms with Crippen molar-refractivity contribution < 1.29 is 19.1 Å². The van der Waals surface area contributed by atoms with Gasteiger partial charge in [0.1, 0.15) is 5.69 Å². The monoisotopic (exact) mass is 254 g/mol. The molecule has 1 aromatic heterocycles. The Labute approximate surface area is 106 Å². The Morgan fingerprint density at radius 3 is 2.56 bits per heavy atom. The Morgan fingerprint density at radius 1 is 1.33 bits per heavy atom. The van der Waals surface area contributed by atoms with Crippen LogP contribution in [0.5, 0.6) is 0 Å². The van der Waals surface area contributed by atoms with E-state index in [9.17, 15) is 9.59 Å². The van der Waals surface area contributed by atoms with Gasteiger partial charge < -0.3 is 14.0 Å². The zero-order chi connectivity index (χ0) is 13.7. The lowest BCUT2D eigenvalue weighted by Gasteiger charge is -2.08. The third-order valence-corrected chi connectivity index (χ3v) is 2.20. The van der Waals surface area contributed by atoms with Crippen molar-refractivity contribution in [2.45, 2.75) is 20.8 Å². The van der Waals surface area contributed by atoms with Gasteiger partial charge in [0.15, 0.2) is 0 Å². The number of carbonyl (C=O) groups excluding carboxylic acids is 2. The Bertz CT molecular complexity index is 437. The average molecular weight is 254 g/mol. The highest BCUT2D eigenvalue weighted by Gasteiger charge is 2.20. The van der Waals surface area contributed by atoms with E-state index in [1.54, 1.807) is 14.0 Å². The molecular formula is C12H18N2O4. The molecule has 0 fully saturated rings. The molecular weight excluding hydrogens is 236 g/mol. The summed E-state index contributed by atoms with van der Waals surface area (Å²) >= 11 is 0. The molecule has 0 atom stereocenters. The van der Waals surface area contributed by atoms with Crippen molar-refractivity contribution in [3.05, 3.63) is 17.7 Å².